The summed E-state index contributed by atoms with van der Waals surface area (Å²) in [5.74, 6) is 0.814. The average Bonchev–Trinajstić information content (AvgIpc) is 2.75. The van der Waals surface area contributed by atoms with Crippen LogP contribution in [0, 0.1) is 12.7 Å². The van der Waals surface area contributed by atoms with Gasteiger partial charge in [0.05, 0.1) is 0 Å². The highest BCUT2D eigenvalue weighted by molar-refractivity contribution is 6.03. The number of halogens is 1. The minimum absolute atomic E-state index is 0.231. The van der Waals surface area contributed by atoms with Crippen LogP contribution in [0.15, 0.2) is 60.7 Å². The molecule has 0 spiro atoms. The lowest BCUT2D eigenvalue weighted by Gasteiger charge is -2.36. The number of nitrogens with one attached hydrogen (secondary N) is 1. The topological polar surface area (TPSA) is 61.4 Å². The predicted molar refractivity (Wildman–Crippen MR) is 112 cm³/mol. The van der Waals surface area contributed by atoms with Crippen molar-refractivity contribution >= 4 is 23.1 Å². The third-order valence-electron chi connectivity index (χ3n) is 4.88. The normalized spacial score (nSPS) is 14.0. The number of nitrogens with zero attached hydrogens (tertiary/aromatic N) is 4. The van der Waals surface area contributed by atoms with Crippen molar-refractivity contribution in [3.63, 3.8) is 0 Å². The van der Waals surface area contributed by atoms with E-state index in [-0.39, 0.29) is 11.7 Å². The van der Waals surface area contributed by atoms with Gasteiger partial charge in [0.15, 0.2) is 0 Å². The Morgan fingerprint density at radius 1 is 0.931 bits per heavy atom. The van der Waals surface area contributed by atoms with Crippen molar-refractivity contribution in [1.29, 1.82) is 0 Å². The average molecular weight is 391 g/mol. The first-order valence-electron chi connectivity index (χ1n) is 9.56. The largest absolute Gasteiger partial charge is 0.368 e. The molecule has 1 N–H and O–H groups in total. The van der Waals surface area contributed by atoms with Crippen LogP contribution in [0.4, 0.5) is 21.6 Å². The molecule has 0 bridgehead atoms. The van der Waals surface area contributed by atoms with E-state index in [0.29, 0.717) is 11.5 Å². The first-order valence-corrected chi connectivity index (χ1v) is 9.56. The zero-order chi connectivity index (χ0) is 20.2. The molecular formula is C22H22FN5O. The molecule has 4 rings (SSSR count). The Morgan fingerprint density at radius 3 is 2.28 bits per heavy atom. The number of carbonyl (C=O) groups is 1. The van der Waals surface area contributed by atoms with Crippen molar-refractivity contribution in [3.05, 3.63) is 78.0 Å². The maximum Gasteiger partial charge on any atom is 0.274 e. The Kier molecular flexibility index (Phi) is 5.37. The fourth-order valence-corrected chi connectivity index (χ4v) is 3.39. The molecule has 2 aromatic carbocycles. The lowest BCUT2D eigenvalue weighted by Crippen LogP contribution is -2.47. The molecule has 1 aromatic heterocycles. The van der Waals surface area contributed by atoms with Crippen LogP contribution in [0.25, 0.3) is 0 Å². The zero-order valence-electron chi connectivity index (χ0n) is 16.2. The van der Waals surface area contributed by atoms with E-state index in [4.69, 9.17) is 0 Å². The Morgan fingerprint density at radius 2 is 1.59 bits per heavy atom. The number of amides is 1. The SMILES string of the molecule is Cc1nc(C(=O)Nc2ccccc2)cc(N2CCN(c3ccc(F)cc3)CC2)n1. The molecule has 2 heterocycles. The van der Waals surface area contributed by atoms with Gasteiger partial charge >= 0.3 is 0 Å². The zero-order valence-corrected chi connectivity index (χ0v) is 16.2. The van der Waals surface area contributed by atoms with E-state index in [2.05, 4.69) is 25.1 Å². The molecule has 7 heteroatoms. The maximum atomic E-state index is 13.1. The molecule has 148 valence electrons. The van der Waals surface area contributed by atoms with Crippen LogP contribution in [0.3, 0.4) is 0 Å². The Balaban J connectivity index is 1.45. The van der Waals surface area contributed by atoms with Crippen LogP contribution in [-0.4, -0.2) is 42.1 Å². The number of hydrogen-bond donors (Lipinski definition) is 1. The van der Waals surface area contributed by atoms with Crippen molar-refractivity contribution in [2.75, 3.05) is 41.3 Å². The summed E-state index contributed by atoms with van der Waals surface area (Å²) in [6, 6.07) is 17.6. The fraction of sp³-hybridized carbons (Fsp3) is 0.227. The van der Waals surface area contributed by atoms with Crippen molar-refractivity contribution in [2.45, 2.75) is 6.92 Å². The summed E-state index contributed by atoms with van der Waals surface area (Å²) in [6.45, 7) is 4.89. The monoisotopic (exact) mass is 391 g/mol. The van der Waals surface area contributed by atoms with E-state index in [0.717, 1.165) is 43.4 Å². The van der Waals surface area contributed by atoms with Crippen LogP contribution >= 0.6 is 0 Å². The van der Waals surface area contributed by atoms with Gasteiger partial charge in [-0.2, -0.15) is 0 Å². The van der Waals surface area contributed by atoms with E-state index < -0.39 is 0 Å². The van der Waals surface area contributed by atoms with Crippen LogP contribution in [0.5, 0.6) is 0 Å². The molecule has 3 aromatic rings. The molecule has 29 heavy (non-hydrogen) atoms. The molecule has 1 aliphatic rings. The second-order valence-electron chi connectivity index (χ2n) is 6.93. The first-order chi connectivity index (χ1) is 14.1. The minimum Gasteiger partial charge on any atom is -0.368 e. The summed E-state index contributed by atoms with van der Waals surface area (Å²) >= 11 is 0. The molecule has 0 aliphatic carbocycles. The number of rotatable bonds is 4. The summed E-state index contributed by atoms with van der Waals surface area (Å²) in [7, 11) is 0. The van der Waals surface area contributed by atoms with Crippen molar-refractivity contribution < 1.29 is 9.18 Å². The van der Waals surface area contributed by atoms with E-state index >= 15 is 0 Å². The first kappa shape index (κ1) is 18.9. The highest BCUT2D eigenvalue weighted by Gasteiger charge is 2.20. The summed E-state index contributed by atoms with van der Waals surface area (Å²) in [6.07, 6.45) is 0. The molecule has 0 radical (unpaired) electrons. The summed E-state index contributed by atoms with van der Waals surface area (Å²) < 4.78 is 13.1. The Bertz CT molecular complexity index is 986. The lowest BCUT2D eigenvalue weighted by molar-refractivity contribution is 0.102. The number of aromatic nitrogens is 2. The standard InChI is InChI=1S/C22H22FN5O/c1-16-24-20(22(29)26-18-5-3-2-4-6-18)15-21(25-16)28-13-11-27(12-14-28)19-9-7-17(23)8-10-19/h2-10,15H,11-14H2,1H3,(H,26,29). The second-order valence-corrected chi connectivity index (χ2v) is 6.93. The molecule has 1 saturated heterocycles. The summed E-state index contributed by atoms with van der Waals surface area (Å²) in [4.78, 5) is 25.8. The van der Waals surface area contributed by atoms with Gasteiger partial charge in [-0.05, 0) is 43.3 Å². The van der Waals surface area contributed by atoms with Gasteiger partial charge in [-0.1, -0.05) is 18.2 Å². The number of benzene rings is 2. The molecule has 0 unspecified atom stereocenters. The van der Waals surface area contributed by atoms with E-state index in [1.165, 1.54) is 12.1 Å². The predicted octanol–water partition coefficient (Wildman–Crippen LogP) is 3.50. The van der Waals surface area contributed by atoms with Crippen molar-refractivity contribution in [2.24, 2.45) is 0 Å². The summed E-state index contributed by atoms with van der Waals surface area (Å²) in [5.41, 5.74) is 2.08. The molecule has 6 nitrogen and oxygen atoms in total. The highest BCUT2D eigenvalue weighted by atomic mass is 19.1. The third-order valence-corrected chi connectivity index (χ3v) is 4.88. The number of anilines is 3. The van der Waals surface area contributed by atoms with Crippen molar-refractivity contribution in [1.82, 2.24) is 9.97 Å². The van der Waals surface area contributed by atoms with Gasteiger partial charge < -0.3 is 15.1 Å². The van der Waals surface area contributed by atoms with Crippen LogP contribution < -0.4 is 15.1 Å². The molecule has 1 amide bonds. The van der Waals surface area contributed by atoms with E-state index in [9.17, 15) is 9.18 Å². The molecule has 0 saturated carbocycles. The van der Waals surface area contributed by atoms with Gasteiger partial charge in [-0.25, -0.2) is 14.4 Å². The number of hydrogen-bond acceptors (Lipinski definition) is 5. The van der Waals surface area contributed by atoms with Crippen LogP contribution in [0.2, 0.25) is 0 Å². The van der Waals surface area contributed by atoms with Gasteiger partial charge in [-0.3, -0.25) is 4.79 Å². The third kappa shape index (κ3) is 4.51. The van der Waals surface area contributed by atoms with Crippen LogP contribution in [-0.2, 0) is 0 Å². The lowest BCUT2D eigenvalue weighted by atomic mass is 10.2. The highest BCUT2D eigenvalue weighted by Crippen LogP contribution is 2.20. The van der Waals surface area contributed by atoms with E-state index in [1.807, 2.05) is 30.3 Å². The second kappa shape index (κ2) is 8.26. The summed E-state index contributed by atoms with van der Waals surface area (Å²) in [5, 5.41) is 2.86. The Hall–Kier alpha value is -3.48. The minimum atomic E-state index is -0.257. The number of para-hydroxylation sites is 1. The number of carbonyl (C=O) groups excluding carboxylic acids is 1. The quantitative estimate of drug-likeness (QED) is 0.738. The molecular weight excluding hydrogens is 369 g/mol. The van der Waals surface area contributed by atoms with Gasteiger partial charge in [0, 0.05) is 43.6 Å². The fourth-order valence-electron chi connectivity index (χ4n) is 3.39. The number of aryl methyl sites for hydroxylation is 1. The van der Waals surface area contributed by atoms with Crippen LogP contribution in [0.1, 0.15) is 16.3 Å². The molecule has 1 fully saturated rings. The number of piperazine rings is 1. The molecule has 1 aliphatic heterocycles. The van der Waals surface area contributed by atoms with E-state index in [1.54, 1.807) is 25.1 Å². The van der Waals surface area contributed by atoms with Gasteiger partial charge in [0.25, 0.3) is 5.91 Å². The Labute approximate surface area is 169 Å². The van der Waals surface area contributed by atoms with Gasteiger partial charge in [-0.15, -0.1) is 0 Å². The van der Waals surface area contributed by atoms with Crippen molar-refractivity contribution in [3.8, 4) is 0 Å². The molecule has 0 atom stereocenters. The van der Waals surface area contributed by atoms with Gasteiger partial charge in [0.2, 0.25) is 0 Å². The maximum absolute atomic E-state index is 13.1. The smallest absolute Gasteiger partial charge is 0.274 e. The van der Waals surface area contributed by atoms with Gasteiger partial charge in [0.1, 0.15) is 23.2 Å².